The lowest BCUT2D eigenvalue weighted by Gasteiger charge is -2.22. The molecule has 0 aromatic carbocycles. The van der Waals surface area contributed by atoms with E-state index in [2.05, 4.69) is 33.3 Å². The number of carbonyl (C=O) groups excluding carboxylic acids is 1. The molecule has 1 saturated carbocycles. The highest BCUT2D eigenvalue weighted by molar-refractivity contribution is 6.19. The van der Waals surface area contributed by atoms with E-state index in [1.807, 2.05) is 13.0 Å². The Labute approximate surface area is 194 Å². The molecule has 0 N–H and O–H groups in total. The van der Waals surface area contributed by atoms with Crippen LogP contribution in [-0.4, -0.2) is 24.2 Å². The average molecular weight is 453 g/mol. The van der Waals surface area contributed by atoms with Gasteiger partial charge in [-0.1, -0.05) is 76.5 Å². The summed E-state index contributed by atoms with van der Waals surface area (Å²) in [5.41, 5.74) is 1.48. The fourth-order valence-electron chi connectivity index (χ4n) is 2.49. The minimum absolute atomic E-state index is 0.0398. The molecule has 0 amide bonds. The lowest BCUT2D eigenvalue weighted by molar-refractivity contribution is -0.113. The fourth-order valence-corrected chi connectivity index (χ4v) is 2.75. The molecule has 0 unspecified atom stereocenters. The van der Waals surface area contributed by atoms with Crippen molar-refractivity contribution in [2.75, 3.05) is 18.4 Å². The summed E-state index contributed by atoms with van der Waals surface area (Å²) in [4.78, 5) is 11.0. The highest BCUT2D eigenvalue weighted by Crippen LogP contribution is 2.27. The summed E-state index contributed by atoms with van der Waals surface area (Å²) in [5.74, 6) is 3.43. The van der Waals surface area contributed by atoms with E-state index in [0.717, 1.165) is 17.4 Å². The second-order valence-corrected chi connectivity index (χ2v) is 8.03. The summed E-state index contributed by atoms with van der Waals surface area (Å²) < 4.78 is 5.55. The van der Waals surface area contributed by atoms with Crippen molar-refractivity contribution in [1.29, 1.82) is 0 Å². The van der Waals surface area contributed by atoms with E-state index in [9.17, 15) is 4.79 Å². The zero-order valence-electron chi connectivity index (χ0n) is 19.0. The second kappa shape index (κ2) is 20.6. The molecule has 1 fully saturated rings. The molecule has 0 aliphatic heterocycles. The van der Waals surface area contributed by atoms with Gasteiger partial charge in [0.15, 0.2) is 5.78 Å². The number of hydrogen-bond acceptors (Lipinski definition) is 2. The quantitative estimate of drug-likeness (QED) is 0.118. The molecule has 0 aromatic heterocycles. The van der Waals surface area contributed by atoms with Gasteiger partial charge in [0.1, 0.15) is 12.4 Å². The lowest BCUT2D eigenvalue weighted by Crippen LogP contribution is -2.08. The first-order valence-electron chi connectivity index (χ1n) is 10.3. The molecule has 0 heterocycles. The third-order valence-electron chi connectivity index (χ3n) is 4.56. The van der Waals surface area contributed by atoms with Gasteiger partial charge in [0.25, 0.3) is 0 Å². The van der Waals surface area contributed by atoms with Crippen LogP contribution >= 0.6 is 23.2 Å². The van der Waals surface area contributed by atoms with E-state index in [1.54, 1.807) is 30.4 Å². The Balaban J connectivity index is 0. The summed E-state index contributed by atoms with van der Waals surface area (Å²) in [7, 11) is 0. The second-order valence-electron chi connectivity index (χ2n) is 7.46. The van der Waals surface area contributed by atoms with Crippen LogP contribution in [0.4, 0.5) is 0 Å². The summed E-state index contributed by atoms with van der Waals surface area (Å²) >= 11 is 11.3. The van der Waals surface area contributed by atoms with Gasteiger partial charge in [-0.3, -0.25) is 4.79 Å². The Bertz CT molecular complexity index is 606. The van der Waals surface area contributed by atoms with Gasteiger partial charge in [0, 0.05) is 11.5 Å². The molecule has 1 aliphatic rings. The molecule has 1 rings (SSSR count). The number of Topliss-reactive ketones (excluding diaryl/α,β-unsaturated/α-hetero) is 1. The predicted molar refractivity (Wildman–Crippen MR) is 134 cm³/mol. The molecular weight excluding hydrogens is 415 g/mol. The van der Waals surface area contributed by atoms with E-state index >= 15 is 0 Å². The van der Waals surface area contributed by atoms with Crippen LogP contribution in [0, 0.1) is 24.7 Å². The molecule has 30 heavy (non-hydrogen) atoms. The number of carbonyl (C=O) groups is 1. The molecule has 0 aromatic rings. The Hall–Kier alpha value is -1.69. The molecule has 0 atom stereocenters. The monoisotopic (exact) mass is 452 g/mol. The molecular formula is C26H38Cl2O2. The maximum Gasteiger partial charge on any atom is 0.159 e. The van der Waals surface area contributed by atoms with E-state index in [0.29, 0.717) is 29.7 Å². The Morgan fingerprint density at radius 3 is 2.00 bits per heavy atom. The number of ketones is 1. The number of hydrogen-bond donors (Lipinski definition) is 0. The van der Waals surface area contributed by atoms with E-state index in [1.165, 1.54) is 32.6 Å². The van der Waals surface area contributed by atoms with Gasteiger partial charge in [-0.15, -0.1) is 36.0 Å². The lowest BCUT2D eigenvalue weighted by atomic mass is 9.84. The number of terminal acetylenes is 1. The molecule has 1 aliphatic carbocycles. The van der Waals surface area contributed by atoms with Crippen molar-refractivity contribution >= 4 is 29.0 Å². The van der Waals surface area contributed by atoms with E-state index in [-0.39, 0.29) is 5.78 Å². The molecule has 0 spiro atoms. The minimum atomic E-state index is -0.0398. The first kappa shape index (κ1) is 30.5. The van der Waals surface area contributed by atoms with Crippen LogP contribution in [0.2, 0.25) is 0 Å². The van der Waals surface area contributed by atoms with Gasteiger partial charge in [0.05, 0.1) is 5.88 Å². The Kier molecular flexibility index (Phi) is 20.9. The van der Waals surface area contributed by atoms with Crippen LogP contribution in [-0.2, 0) is 9.53 Å². The third-order valence-corrected chi connectivity index (χ3v) is 5.00. The van der Waals surface area contributed by atoms with Gasteiger partial charge in [0.2, 0.25) is 0 Å². The van der Waals surface area contributed by atoms with Gasteiger partial charge in [-0.2, -0.15) is 0 Å². The van der Waals surface area contributed by atoms with Crippen molar-refractivity contribution in [3.8, 4) is 12.8 Å². The number of allylic oxidation sites excluding steroid dienone is 8. The maximum atomic E-state index is 11.0. The van der Waals surface area contributed by atoms with Crippen molar-refractivity contribution in [3.63, 3.8) is 0 Å². The van der Waals surface area contributed by atoms with Gasteiger partial charge in [-0.05, 0) is 37.3 Å². The van der Waals surface area contributed by atoms with Crippen molar-refractivity contribution in [2.24, 2.45) is 11.8 Å². The summed E-state index contributed by atoms with van der Waals surface area (Å²) in [6.45, 7) is 12.2. The number of halogens is 2. The van der Waals surface area contributed by atoms with E-state index < -0.39 is 0 Å². The zero-order valence-corrected chi connectivity index (χ0v) is 20.5. The highest BCUT2D eigenvalue weighted by atomic mass is 35.5. The Morgan fingerprint density at radius 1 is 1.03 bits per heavy atom. The van der Waals surface area contributed by atoms with Crippen LogP contribution in [0.5, 0.6) is 0 Å². The minimum Gasteiger partial charge on any atom is -0.492 e. The summed E-state index contributed by atoms with van der Waals surface area (Å²) in [6.07, 6.45) is 24.6. The SMILES string of the molecule is C#C.C=C(/C=C\C=C(/C)CO/C(=C/C=C\CCl)CCl)C(C)=O.CC1CCC(C)CC1. The summed E-state index contributed by atoms with van der Waals surface area (Å²) in [5, 5.41) is 0. The average Bonchev–Trinajstić information content (AvgIpc) is 2.74. The first-order chi connectivity index (χ1) is 14.3. The standard InChI is InChI=1S/C16H20Cl2O2.C8H16.C2H2/c1-13(7-6-8-14(2)15(3)19)12-20-16(11-18)9-4-5-10-17;1-7-3-5-8(2)6-4-7;1-2/h4-9H,2,10-12H2,1,3H3;7-8H,3-6H2,1-2H3;1-2H/b5-4-,8-6-,13-7+,16-9+;;. The molecule has 0 radical (unpaired) electrons. The topological polar surface area (TPSA) is 26.3 Å². The van der Waals surface area contributed by atoms with Crippen LogP contribution in [0.15, 0.2) is 59.9 Å². The predicted octanol–water partition coefficient (Wildman–Crippen LogP) is 7.65. The summed E-state index contributed by atoms with van der Waals surface area (Å²) in [6, 6.07) is 0. The Morgan fingerprint density at radius 2 is 1.57 bits per heavy atom. The number of alkyl halides is 2. The van der Waals surface area contributed by atoms with Crippen molar-refractivity contribution in [1.82, 2.24) is 0 Å². The normalized spacial score (nSPS) is 19.5. The van der Waals surface area contributed by atoms with Crippen LogP contribution in [0.3, 0.4) is 0 Å². The van der Waals surface area contributed by atoms with E-state index in [4.69, 9.17) is 27.9 Å². The molecule has 168 valence electrons. The van der Waals surface area contributed by atoms with Crippen molar-refractivity contribution in [3.05, 3.63) is 59.9 Å². The number of ether oxygens (including phenoxy) is 1. The maximum absolute atomic E-state index is 11.0. The van der Waals surface area contributed by atoms with Crippen molar-refractivity contribution in [2.45, 2.75) is 53.4 Å². The molecule has 2 nitrogen and oxygen atoms in total. The molecule has 0 saturated heterocycles. The van der Waals surface area contributed by atoms with Crippen LogP contribution < -0.4 is 0 Å². The smallest absolute Gasteiger partial charge is 0.159 e. The van der Waals surface area contributed by atoms with Gasteiger partial charge < -0.3 is 4.74 Å². The van der Waals surface area contributed by atoms with Gasteiger partial charge in [-0.25, -0.2) is 0 Å². The molecule has 4 heteroatoms. The largest absolute Gasteiger partial charge is 0.492 e. The van der Waals surface area contributed by atoms with Crippen molar-refractivity contribution < 1.29 is 9.53 Å². The zero-order chi connectivity index (χ0) is 23.4. The highest BCUT2D eigenvalue weighted by Gasteiger charge is 2.13. The first-order valence-corrected chi connectivity index (χ1v) is 11.3. The fraction of sp³-hybridized carbons (Fsp3) is 0.500. The third kappa shape index (κ3) is 18.3. The van der Waals surface area contributed by atoms with Gasteiger partial charge >= 0.3 is 0 Å². The molecule has 0 bridgehead atoms. The van der Waals surface area contributed by atoms with Crippen LogP contribution in [0.25, 0.3) is 0 Å². The van der Waals surface area contributed by atoms with Crippen LogP contribution in [0.1, 0.15) is 53.4 Å². The number of rotatable bonds is 9.